The summed E-state index contributed by atoms with van der Waals surface area (Å²) >= 11 is 0. The number of benzene rings is 2. The molecule has 0 aliphatic carbocycles. The van der Waals surface area contributed by atoms with Crippen LogP contribution in [0.25, 0.3) is 5.69 Å². The number of hydrogen-bond acceptors (Lipinski definition) is 5. The van der Waals surface area contributed by atoms with Crippen LogP contribution >= 0.6 is 0 Å². The van der Waals surface area contributed by atoms with Gasteiger partial charge in [0, 0.05) is 11.8 Å². The second-order valence-corrected chi connectivity index (χ2v) is 6.92. The van der Waals surface area contributed by atoms with Gasteiger partial charge in [0.2, 0.25) is 0 Å². The van der Waals surface area contributed by atoms with Gasteiger partial charge in [-0.1, -0.05) is 6.07 Å². The van der Waals surface area contributed by atoms with Gasteiger partial charge in [-0.3, -0.25) is 4.79 Å². The van der Waals surface area contributed by atoms with Gasteiger partial charge < -0.3 is 19.9 Å². The van der Waals surface area contributed by atoms with Crippen LogP contribution in [0.2, 0.25) is 0 Å². The largest absolute Gasteiger partial charge is 0.493 e. The van der Waals surface area contributed by atoms with E-state index < -0.39 is 30.3 Å². The lowest BCUT2D eigenvalue weighted by Crippen LogP contribution is -2.26. The first-order valence-electron chi connectivity index (χ1n) is 9.43. The average molecular weight is 427 g/mol. The molecular weight excluding hydrogens is 405 g/mol. The lowest BCUT2D eigenvalue weighted by Gasteiger charge is -2.16. The van der Waals surface area contributed by atoms with E-state index in [0.717, 1.165) is 5.56 Å². The first-order chi connectivity index (χ1) is 14.8. The Morgan fingerprint density at radius 3 is 2.61 bits per heavy atom. The molecule has 0 saturated carbocycles. The van der Waals surface area contributed by atoms with Crippen molar-refractivity contribution in [2.24, 2.45) is 0 Å². The fourth-order valence-corrected chi connectivity index (χ4v) is 2.95. The van der Waals surface area contributed by atoms with Gasteiger partial charge in [0.25, 0.3) is 5.91 Å². The number of carbonyl (C=O) groups is 2. The number of carbonyl (C=O) groups excluding carboxylic acids is 1. The average Bonchev–Trinajstić information content (AvgIpc) is 3.17. The number of nitrogens with zero attached hydrogens (tertiary/aromatic N) is 2. The van der Waals surface area contributed by atoms with E-state index in [0.29, 0.717) is 11.3 Å². The minimum absolute atomic E-state index is 0.209. The van der Waals surface area contributed by atoms with Crippen molar-refractivity contribution < 1.29 is 28.6 Å². The van der Waals surface area contributed by atoms with Crippen LogP contribution in [0.3, 0.4) is 0 Å². The van der Waals surface area contributed by atoms with Gasteiger partial charge in [-0.25, -0.2) is 13.9 Å². The van der Waals surface area contributed by atoms with Crippen molar-refractivity contribution in [2.75, 3.05) is 13.7 Å². The third-order valence-corrected chi connectivity index (χ3v) is 4.55. The van der Waals surface area contributed by atoms with Crippen molar-refractivity contribution in [3.8, 4) is 17.2 Å². The summed E-state index contributed by atoms with van der Waals surface area (Å²) in [5, 5.41) is 15.6. The number of methoxy groups -OCH3 is 1. The minimum Gasteiger partial charge on any atom is -0.493 e. The number of hydrogen-bond donors (Lipinski definition) is 2. The number of carboxylic acid groups (broad SMARTS) is 1. The van der Waals surface area contributed by atoms with Gasteiger partial charge in [0.05, 0.1) is 19.3 Å². The lowest BCUT2D eigenvalue weighted by atomic mass is 10.1. The van der Waals surface area contributed by atoms with Gasteiger partial charge >= 0.3 is 5.97 Å². The highest BCUT2D eigenvalue weighted by Gasteiger charge is 2.16. The van der Waals surface area contributed by atoms with Crippen molar-refractivity contribution in [1.29, 1.82) is 0 Å². The zero-order valence-corrected chi connectivity index (χ0v) is 17.3. The number of amides is 1. The molecule has 0 fully saturated rings. The van der Waals surface area contributed by atoms with E-state index in [1.165, 1.54) is 36.1 Å². The fraction of sp³-hybridized carbons (Fsp3) is 0.227. The smallest absolute Gasteiger partial charge is 0.341 e. The quantitative estimate of drug-likeness (QED) is 0.572. The van der Waals surface area contributed by atoms with Crippen LogP contribution in [0, 0.1) is 12.7 Å². The van der Waals surface area contributed by atoms with Crippen LogP contribution in [-0.2, 0) is 4.79 Å². The number of carboxylic acids is 1. The molecule has 1 aromatic heterocycles. The molecule has 2 aromatic carbocycles. The predicted molar refractivity (Wildman–Crippen MR) is 110 cm³/mol. The Hall–Kier alpha value is -3.88. The maximum Gasteiger partial charge on any atom is 0.341 e. The van der Waals surface area contributed by atoms with Crippen molar-refractivity contribution in [3.05, 3.63) is 71.3 Å². The second-order valence-electron chi connectivity index (χ2n) is 6.92. The Labute approximate surface area is 178 Å². The number of aryl methyl sites for hydroxylation is 1. The molecule has 0 aliphatic rings. The molecule has 0 saturated heterocycles. The van der Waals surface area contributed by atoms with Gasteiger partial charge in [-0.2, -0.15) is 5.10 Å². The predicted octanol–water partition coefficient (Wildman–Crippen LogP) is 3.28. The number of aliphatic carboxylic acids is 1. The zero-order chi connectivity index (χ0) is 22.5. The number of aromatic nitrogens is 2. The SMILES string of the molecule is COc1cc(C(=O)N[C@H](C)c2ccc(-n3cc(C)cn3)c(F)c2)ccc1OCC(=O)O. The molecule has 0 spiro atoms. The summed E-state index contributed by atoms with van der Waals surface area (Å²) in [4.78, 5) is 23.3. The number of halogens is 1. The summed E-state index contributed by atoms with van der Waals surface area (Å²) < 4.78 is 26.4. The van der Waals surface area contributed by atoms with Gasteiger partial charge in [0.15, 0.2) is 18.1 Å². The van der Waals surface area contributed by atoms with E-state index in [-0.39, 0.29) is 17.1 Å². The van der Waals surface area contributed by atoms with E-state index in [1.54, 1.807) is 31.5 Å². The molecule has 1 atom stereocenters. The van der Waals surface area contributed by atoms with Crippen molar-refractivity contribution in [2.45, 2.75) is 19.9 Å². The molecule has 3 rings (SSSR count). The van der Waals surface area contributed by atoms with Gasteiger partial charge in [-0.05, 0) is 55.3 Å². The normalized spacial score (nSPS) is 11.6. The molecule has 31 heavy (non-hydrogen) atoms. The summed E-state index contributed by atoms with van der Waals surface area (Å²) in [6.45, 7) is 3.08. The third-order valence-electron chi connectivity index (χ3n) is 4.55. The first-order valence-corrected chi connectivity index (χ1v) is 9.43. The molecule has 0 bridgehead atoms. The van der Waals surface area contributed by atoms with E-state index in [2.05, 4.69) is 10.4 Å². The summed E-state index contributed by atoms with van der Waals surface area (Å²) in [7, 11) is 1.39. The summed E-state index contributed by atoms with van der Waals surface area (Å²) in [6, 6.07) is 8.63. The number of rotatable bonds is 8. The number of ether oxygens (including phenoxy) is 2. The standard InChI is InChI=1S/C22H22FN3O5/c1-13-10-24-26(11-13)18-6-4-15(8-17(18)23)14(2)25-22(29)16-5-7-19(20(9-16)30-3)31-12-21(27)28/h4-11,14H,12H2,1-3H3,(H,25,29)(H,27,28)/t14-/m1/s1. The second kappa shape index (κ2) is 9.29. The van der Waals surface area contributed by atoms with Crippen LogP contribution in [0.15, 0.2) is 48.8 Å². The first kappa shape index (κ1) is 21.8. The molecule has 8 nitrogen and oxygen atoms in total. The highest BCUT2D eigenvalue weighted by molar-refractivity contribution is 5.95. The van der Waals surface area contributed by atoms with Crippen LogP contribution in [-0.4, -0.2) is 40.5 Å². The highest BCUT2D eigenvalue weighted by Crippen LogP contribution is 2.28. The summed E-state index contributed by atoms with van der Waals surface area (Å²) in [5.41, 5.74) is 2.11. The van der Waals surface area contributed by atoms with E-state index in [4.69, 9.17) is 14.6 Å². The maximum atomic E-state index is 14.6. The Morgan fingerprint density at radius 1 is 1.23 bits per heavy atom. The number of nitrogens with one attached hydrogen (secondary N) is 1. The highest BCUT2D eigenvalue weighted by atomic mass is 19.1. The molecule has 162 valence electrons. The molecular formula is C22H22FN3O5. The maximum absolute atomic E-state index is 14.6. The van der Waals surface area contributed by atoms with Crippen LogP contribution in [0.4, 0.5) is 4.39 Å². The molecule has 3 aromatic rings. The Kier molecular flexibility index (Phi) is 6.54. The van der Waals surface area contributed by atoms with Crippen molar-refractivity contribution in [3.63, 3.8) is 0 Å². The molecule has 0 radical (unpaired) electrons. The molecule has 0 aliphatic heterocycles. The Balaban J connectivity index is 1.72. The molecule has 1 amide bonds. The van der Waals surface area contributed by atoms with Gasteiger partial charge in [0.1, 0.15) is 11.5 Å². The Bertz CT molecular complexity index is 1110. The molecule has 2 N–H and O–H groups in total. The minimum atomic E-state index is -1.13. The van der Waals surface area contributed by atoms with Crippen LogP contribution in [0.1, 0.15) is 34.5 Å². The fourth-order valence-electron chi connectivity index (χ4n) is 2.95. The topological polar surface area (TPSA) is 103 Å². The summed E-state index contributed by atoms with van der Waals surface area (Å²) in [6.07, 6.45) is 3.36. The van der Waals surface area contributed by atoms with Crippen LogP contribution in [0.5, 0.6) is 11.5 Å². The molecule has 1 heterocycles. The van der Waals surface area contributed by atoms with E-state index in [1.807, 2.05) is 6.92 Å². The third kappa shape index (κ3) is 5.19. The monoisotopic (exact) mass is 427 g/mol. The van der Waals surface area contributed by atoms with Crippen molar-refractivity contribution >= 4 is 11.9 Å². The summed E-state index contributed by atoms with van der Waals surface area (Å²) in [5.74, 6) is -1.54. The van der Waals surface area contributed by atoms with E-state index >= 15 is 0 Å². The lowest BCUT2D eigenvalue weighted by molar-refractivity contribution is -0.139. The Morgan fingerprint density at radius 2 is 2.00 bits per heavy atom. The van der Waals surface area contributed by atoms with E-state index in [9.17, 15) is 14.0 Å². The molecule has 9 heteroatoms. The van der Waals surface area contributed by atoms with Crippen LogP contribution < -0.4 is 14.8 Å². The van der Waals surface area contributed by atoms with Crippen molar-refractivity contribution in [1.82, 2.24) is 15.1 Å². The van der Waals surface area contributed by atoms with Gasteiger partial charge in [-0.15, -0.1) is 0 Å². The molecule has 0 unspecified atom stereocenters. The zero-order valence-electron chi connectivity index (χ0n) is 17.3.